The molecule has 0 heterocycles. The molecule has 12 aromatic rings. The van der Waals surface area contributed by atoms with Gasteiger partial charge in [0.1, 0.15) is 0 Å². The van der Waals surface area contributed by atoms with E-state index in [1.54, 1.807) is 0 Å². The van der Waals surface area contributed by atoms with Gasteiger partial charge in [-0.2, -0.15) is 0 Å². The zero-order valence-corrected chi connectivity index (χ0v) is 30.6. The van der Waals surface area contributed by atoms with Crippen molar-refractivity contribution in [2.45, 2.75) is 0 Å². The van der Waals surface area contributed by atoms with Crippen LogP contribution in [0, 0.1) is 0 Å². The highest BCUT2D eigenvalue weighted by molar-refractivity contribution is 6.21. The van der Waals surface area contributed by atoms with Crippen LogP contribution in [0.4, 0.5) is 0 Å². The molecule has 0 unspecified atom stereocenters. The minimum Gasteiger partial charge on any atom is -0.0616 e. The predicted octanol–water partition coefficient (Wildman–Crippen LogP) is 15.9. The normalized spacial score (nSPS) is 11.9. The van der Waals surface area contributed by atoms with Crippen LogP contribution in [0.3, 0.4) is 0 Å². The molecule has 0 spiro atoms. The quantitative estimate of drug-likeness (QED) is 0.160. The van der Waals surface area contributed by atoms with Gasteiger partial charge in [-0.1, -0.05) is 176 Å². The highest BCUT2D eigenvalue weighted by Crippen LogP contribution is 2.40. The molecule has 0 aliphatic carbocycles. The fourth-order valence-corrected chi connectivity index (χ4v) is 9.41. The van der Waals surface area contributed by atoms with E-state index in [9.17, 15) is 0 Å². The lowest BCUT2D eigenvalue weighted by molar-refractivity contribution is 1.67. The van der Waals surface area contributed by atoms with E-state index < -0.39 is 0 Å². The fourth-order valence-electron chi connectivity index (χ4n) is 9.41. The summed E-state index contributed by atoms with van der Waals surface area (Å²) < 4.78 is 0. The first-order valence-corrected chi connectivity index (χ1v) is 19.5. The highest BCUT2D eigenvalue weighted by Gasteiger charge is 2.13. The van der Waals surface area contributed by atoms with E-state index in [0.717, 1.165) is 0 Å². The molecule has 0 radical (unpaired) electrons. The first-order chi connectivity index (χ1) is 27.7. The summed E-state index contributed by atoms with van der Waals surface area (Å²) in [7, 11) is 0. The van der Waals surface area contributed by atoms with Crippen LogP contribution >= 0.6 is 0 Å². The Labute approximate surface area is 324 Å². The molecule has 12 aromatic carbocycles. The van der Waals surface area contributed by atoms with E-state index in [-0.39, 0.29) is 0 Å². The molecule has 12 rings (SSSR count). The SMILES string of the molecule is c1ccc2c(-c3ccc4c(ccc5cc(-c6ccc7c(ccc8cc(-c9cc%10c%11ccccc%11ccc%10c%10ccccc9%10)ccc87)c6)ccc54)c3)cccc2c1. The first kappa shape index (κ1) is 31.1. The summed E-state index contributed by atoms with van der Waals surface area (Å²) in [6.45, 7) is 0. The van der Waals surface area contributed by atoms with Gasteiger partial charge in [-0.25, -0.2) is 0 Å². The Morgan fingerprint density at radius 2 is 0.536 bits per heavy atom. The minimum atomic E-state index is 1.23. The van der Waals surface area contributed by atoms with Crippen LogP contribution in [0.5, 0.6) is 0 Å². The van der Waals surface area contributed by atoms with Crippen molar-refractivity contribution in [3.05, 3.63) is 206 Å². The van der Waals surface area contributed by atoms with Crippen LogP contribution in [0.2, 0.25) is 0 Å². The largest absolute Gasteiger partial charge is 0.0616 e. The number of hydrogen-bond donors (Lipinski definition) is 0. The molecule has 258 valence electrons. The lowest BCUT2D eigenvalue weighted by Crippen LogP contribution is -1.87. The summed E-state index contributed by atoms with van der Waals surface area (Å²) in [5.41, 5.74) is 7.51. The van der Waals surface area contributed by atoms with Gasteiger partial charge < -0.3 is 0 Å². The Morgan fingerprint density at radius 3 is 1.14 bits per heavy atom. The van der Waals surface area contributed by atoms with E-state index in [1.807, 2.05) is 0 Å². The molecule has 0 amide bonds. The highest BCUT2D eigenvalue weighted by atomic mass is 14.2. The van der Waals surface area contributed by atoms with Gasteiger partial charge in [-0.05, 0) is 150 Å². The van der Waals surface area contributed by atoms with Crippen LogP contribution in [-0.2, 0) is 0 Å². The van der Waals surface area contributed by atoms with E-state index in [4.69, 9.17) is 0 Å². The summed E-state index contributed by atoms with van der Waals surface area (Å²) in [5.74, 6) is 0. The zero-order valence-electron chi connectivity index (χ0n) is 30.6. The molecule has 0 aliphatic rings. The molecule has 0 N–H and O–H groups in total. The van der Waals surface area contributed by atoms with Gasteiger partial charge in [0.15, 0.2) is 0 Å². The third-order valence-electron chi connectivity index (χ3n) is 12.2. The van der Waals surface area contributed by atoms with Crippen molar-refractivity contribution in [3.8, 4) is 33.4 Å². The van der Waals surface area contributed by atoms with E-state index in [0.29, 0.717) is 0 Å². The standard InChI is InChI=1S/C56H34/c1-3-11-45-35(8-1)10-7-15-47(45)43-23-27-50-41(32-43)18-16-39-30-37(21-25-48(39)50)38-22-26-49-40(31-38)17-19-42-33-44(24-28-51(42)49)55-34-56-46-12-4-2-9-36(46)20-29-54(56)52-13-5-6-14-53(52)55/h1-34H. The van der Waals surface area contributed by atoms with Crippen LogP contribution in [0.15, 0.2) is 206 Å². The summed E-state index contributed by atoms with van der Waals surface area (Å²) in [6, 6.07) is 76.7. The third-order valence-corrected chi connectivity index (χ3v) is 12.2. The van der Waals surface area contributed by atoms with Gasteiger partial charge in [0, 0.05) is 0 Å². The molecule has 0 bridgehead atoms. The fraction of sp³-hybridized carbons (Fsp3) is 0. The molecule has 0 aliphatic heterocycles. The average Bonchev–Trinajstić information content (AvgIpc) is 3.27. The summed E-state index contributed by atoms with van der Waals surface area (Å²) in [5, 5.41) is 20.5. The van der Waals surface area contributed by atoms with Crippen molar-refractivity contribution in [2.24, 2.45) is 0 Å². The number of hydrogen-bond acceptors (Lipinski definition) is 0. The number of rotatable bonds is 3. The molecule has 0 saturated carbocycles. The van der Waals surface area contributed by atoms with Crippen LogP contribution in [0.1, 0.15) is 0 Å². The minimum absolute atomic E-state index is 1.23. The van der Waals surface area contributed by atoms with Gasteiger partial charge in [0.2, 0.25) is 0 Å². The molecule has 0 aromatic heterocycles. The molecule has 0 fully saturated rings. The molecule has 0 nitrogen and oxygen atoms in total. The van der Waals surface area contributed by atoms with Crippen molar-refractivity contribution in [1.29, 1.82) is 0 Å². The predicted molar refractivity (Wildman–Crippen MR) is 243 cm³/mol. The lowest BCUT2D eigenvalue weighted by atomic mass is 9.89. The Kier molecular flexibility index (Phi) is 6.73. The van der Waals surface area contributed by atoms with E-state index in [1.165, 1.54) is 120 Å². The summed E-state index contributed by atoms with van der Waals surface area (Å²) in [4.78, 5) is 0. The van der Waals surface area contributed by atoms with Crippen molar-refractivity contribution in [1.82, 2.24) is 0 Å². The van der Waals surface area contributed by atoms with Crippen LogP contribution in [-0.4, -0.2) is 0 Å². The van der Waals surface area contributed by atoms with Gasteiger partial charge in [-0.15, -0.1) is 0 Å². The smallest absolute Gasteiger partial charge is 0.00928 e. The Hall–Kier alpha value is -7.28. The Bertz CT molecular complexity index is 3580. The molecular formula is C56H34. The number of fused-ring (bicyclic) bond motifs is 12. The van der Waals surface area contributed by atoms with Crippen LogP contribution < -0.4 is 0 Å². The van der Waals surface area contributed by atoms with Crippen molar-refractivity contribution >= 4 is 86.2 Å². The Morgan fingerprint density at radius 1 is 0.161 bits per heavy atom. The second-order valence-corrected chi connectivity index (χ2v) is 15.3. The maximum absolute atomic E-state index is 2.41. The van der Waals surface area contributed by atoms with E-state index >= 15 is 0 Å². The topological polar surface area (TPSA) is 0 Å². The molecule has 0 heteroatoms. The van der Waals surface area contributed by atoms with E-state index in [2.05, 4.69) is 206 Å². The van der Waals surface area contributed by atoms with Gasteiger partial charge in [0.25, 0.3) is 0 Å². The molecule has 56 heavy (non-hydrogen) atoms. The Balaban J connectivity index is 0.917. The first-order valence-electron chi connectivity index (χ1n) is 19.5. The summed E-state index contributed by atoms with van der Waals surface area (Å²) in [6.07, 6.45) is 0. The molecular weight excluding hydrogens is 673 g/mol. The second kappa shape index (κ2) is 12.1. The van der Waals surface area contributed by atoms with Crippen molar-refractivity contribution in [2.75, 3.05) is 0 Å². The molecule has 0 saturated heterocycles. The second-order valence-electron chi connectivity index (χ2n) is 15.3. The van der Waals surface area contributed by atoms with Gasteiger partial charge in [-0.3, -0.25) is 0 Å². The monoisotopic (exact) mass is 706 g/mol. The summed E-state index contributed by atoms with van der Waals surface area (Å²) >= 11 is 0. The van der Waals surface area contributed by atoms with Gasteiger partial charge in [0.05, 0.1) is 0 Å². The van der Waals surface area contributed by atoms with Crippen molar-refractivity contribution < 1.29 is 0 Å². The molecule has 0 atom stereocenters. The maximum Gasteiger partial charge on any atom is -0.00928 e. The van der Waals surface area contributed by atoms with Gasteiger partial charge >= 0.3 is 0 Å². The number of benzene rings is 12. The van der Waals surface area contributed by atoms with Crippen molar-refractivity contribution in [3.63, 3.8) is 0 Å². The zero-order chi connectivity index (χ0) is 36.7. The van der Waals surface area contributed by atoms with Crippen LogP contribution in [0.25, 0.3) is 120 Å². The third kappa shape index (κ3) is 4.79. The maximum atomic E-state index is 2.41. The lowest BCUT2D eigenvalue weighted by Gasteiger charge is -2.14. The average molecular weight is 707 g/mol.